The maximum Gasteiger partial charge on any atom is 0.224 e. The SMILES string of the molecule is CNc1ncc(Cl)c(NC)n1. The number of aromatic nitrogens is 2. The molecule has 0 fully saturated rings. The fourth-order valence-electron chi connectivity index (χ4n) is 0.663. The topological polar surface area (TPSA) is 49.8 Å². The van der Waals surface area contributed by atoms with E-state index < -0.39 is 0 Å². The molecule has 5 heteroatoms. The van der Waals surface area contributed by atoms with Crippen molar-refractivity contribution in [3.8, 4) is 0 Å². The summed E-state index contributed by atoms with van der Waals surface area (Å²) in [6.07, 6.45) is 1.55. The number of anilines is 2. The van der Waals surface area contributed by atoms with E-state index >= 15 is 0 Å². The van der Waals surface area contributed by atoms with Crippen LogP contribution < -0.4 is 10.6 Å². The highest BCUT2D eigenvalue weighted by atomic mass is 35.5. The van der Waals surface area contributed by atoms with Gasteiger partial charge in [0, 0.05) is 14.1 Å². The zero-order valence-electron chi connectivity index (χ0n) is 6.35. The molecule has 60 valence electrons. The smallest absolute Gasteiger partial charge is 0.224 e. The Bertz CT molecular complexity index is 250. The summed E-state index contributed by atoms with van der Waals surface area (Å²) in [5.41, 5.74) is 0. The van der Waals surface area contributed by atoms with Crippen molar-refractivity contribution in [2.75, 3.05) is 24.7 Å². The van der Waals surface area contributed by atoms with Gasteiger partial charge in [-0.3, -0.25) is 0 Å². The second-order valence-corrected chi connectivity index (χ2v) is 2.30. The van der Waals surface area contributed by atoms with Gasteiger partial charge in [-0.05, 0) is 0 Å². The molecule has 11 heavy (non-hydrogen) atoms. The molecule has 0 aliphatic heterocycles. The third kappa shape index (κ3) is 1.71. The van der Waals surface area contributed by atoms with E-state index in [1.165, 1.54) is 0 Å². The van der Waals surface area contributed by atoms with Gasteiger partial charge in [-0.15, -0.1) is 0 Å². The number of hydrogen-bond acceptors (Lipinski definition) is 4. The van der Waals surface area contributed by atoms with Gasteiger partial charge in [-0.25, -0.2) is 4.98 Å². The maximum atomic E-state index is 5.74. The van der Waals surface area contributed by atoms with E-state index in [4.69, 9.17) is 11.6 Å². The van der Waals surface area contributed by atoms with Crippen molar-refractivity contribution in [1.29, 1.82) is 0 Å². The van der Waals surface area contributed by atoms with Crippen molar-refractivity contribution < 1.29 is 0 Å². The molecule has 0 aliphatic rings. The van der Waals surface area contributed by atoms with Crippen molar-refractivity contribution in [2.45, 2.75) is 0 Å². The highest BCUT2D eigenvalue weighted by Gasteiger charge is 2.00. The van der Waals surface area contributed by atoms with Crippen LogP contribution in [0.4, 0.5) is 11.8 Å². The van der Waals surface area contributed by atoms with Gasteiger partial charge >= 0.3 is 0 Å². The lowest BCUT2D eigenvalue weighted by atomic mass is 10.6. The highest BCUT2D eigenvalue weighted by molar-refractivity contribution is 6.32. The van der Waals surface area contributed by atoms with Gasteiger partial charge in [0.05, 0.1) is 6.20 Å². The van der Waals surface area contributed by atoms with Crippen LogP contribution in [0, 0.1) is 0 Å². The summed E-state index contributed by atoms with van der Waals surface area (Å²) < 4.78 is 0. The van der Waals surface area contributed by atoms with Crippen molar-refractivity contribution in [1.82, 2.24) is 9.97 Å². The van der Waals surface area contributed by atoms with Crippen molar-refractivity contribution >= 4 is 23.4 Å². The molecule has 0 saturated heterocycles. The molecule has 1 aromatic heterocycles. The van der Waals surface area contributed by atoms with Crippen LogP contribution in [0.2, 0.25) is 5.02 Å². The fraction of sp³-hybridized carbons (Fsp3) is 0.333. The van der Waals surface area contributed by atoms with Gasteiger partial charge in [0.2, 0.25) is 5.95 Å². The summed E-state index contributed by atoms with van der Waals surface area (Å²) in [6.45, 7) is 0. The molecule has 0 saturated carbocycles. The Kier molecular flexibility index (Phi) is 2.48. The standard InChI is InChI=1S/C6H9ClN4/c1-8-5-4(7)3-10-6(9-2)11-5/h3H,1-2H3,(H2,8,9,10,11). The average molecular weight is 173 g/mol. The largest absolute Gasteiger partial charge is 0.372 e. The minimum absolute atomic E-state index is 0.520. The van der Waals surface area contributed by atoms with Crippen LogP contribution in [0.5, 0.6) is 0 Å². The van der Waals surface area contributed by atoms with Gasteiger partial charge in [-0.1, -0.05) is 11.6 Å². The van der Waals surface area contributed by atoms with E-state index in [-0.39, 0.29) is 0 Å². The van der Waals surface area contributed by atoms with Gasteiger partial charge in [0.15, 0.2) is 0 Å². The predicted molar refractivity (Wildman–Crippen MR) is 46.1 cm³/mol. The summed E-state index contributed by atoms with van der Waals surface area (Å²) in [5.74, 6) is 1.18. The molecule has 1 aromatic rings. The van der Waals surface area contributed by atoms with E-state index in [0.29, 0.717) is 16.8 Å². The molecule has 0 aliphatic carbocycles. The Morgan fingerprint density at radius 2 is 2.09 bits per heavy atom. The van der Waals surface area contributed by atoms with Crippen LogP contribution in [-0.4, -0.2) is 24.1 Å². The first-order chi connectivity index (χ1) is 5.27. The van der Waals surface area contributed by atoms with Crippen LogP contribution >= 0.6 is 11.6 Å². The third-order valence-corrected chi connectivity index (χ3v) is 1.48. The number of nitrogens with one attached hydrogen (secondary N) is 2. The highest BCUT2D eigenvalue weighted by Crippen LogP contribution is 2.17. The van der Waals surface area contributed by atoms with Crippen LogP contribution in [0.15, 0.2) is 6.20 Å². The molecule has 0 unspecified atom stereocenters. The molecule has 0 radical (unpaired) electrons. The molecule has 1 rings (SSSR count). The molecule has 2 N–H and O–H groups in total. The van der Waals surface area contributed by atoms with Gasteiger partial charge in [0.1, 0.15) is 10.8 Å². The summed E-state index contributed by atoms with van der Waals surface area (Å²) >= 11 is 5.74. The summed E-state index contributed by atoms with van der Waals surface area (Å²) in [5, 5.41) is 6.17. The molecule has 4 nitrogen and oxygen atoms in total. The van der Waals surface area contributed by atoms with E-state index in [9.17, 15) is 0 Å². The molecular weight excluding hydrogens is 164 g/mol. The van der Waals surface area contributed by atoms with Crippen molar-refractivity contribution in [3.63, 3.8) is 0 Å². The van der Waals surface area contributed by atoms with E-state index in [1.54, 1.807) is 20.3 Å². The zero-order chi connectivity index (χ0) is 8.27. The molecule has 0 atom stereocenters. The molecule has 0 bridgehead atoms. The lowest BCUT2D eigenvalue weighted by Crippen LogP contribution is -2.00. The number of rotatable bonds is 2. The second-order valence-electron chi connectivity index (χ2n) is 1.89. The van der Waals surface area contributed by atoms with Crippen LogP contribution in [0.25, 0.3) is 0 Å². The summed E-state index contributed by atoms with van der Waals surface area (Å²) in [6, 6.07) is 0. The fourth-order valence-corrected chi connectivity index (χ4v) is 0.848. The van der Waals surface area contributed by atoms with Crippen LogP contribution in [0.1, 0.15) is 0 Å². The van der Waals surface area contributed by atoms with Crippen molar-refractivity contribution in [3.05, 3.63) is 11.2 Å². The number of halogens is 1. The van der Waals surface area contributed by atoms with E-state index in [2.05, 4.69) is 20.6 Å². The van der Waals surface area contributed by atoms with Gasteiger partial charge in [-0.2, -0.15) is 4.98 Å². The molecule has 0 spiro atoms. The minimum Gasteiger partial charge on any atom is -0.372 e. The number of nitrogens with zero attached hydrogens (tertiary/aromatic N) is 2. The predicted octanol–water partition coefficient (Wildman–Crippen LogP) is 1.21. The Balaban J connectivity index is 3.02. The Morgan fingerprint density at radius 3 is 2.64 bits per heavy atom. The first-order valence-corrected chi connectivity index (χ1v) is 3.53. The van der Waals surface area contributed by atoms with Crippen molar-refractivity contribution in [2.24, 2.45) is 0 Å². The summed E-state index contributed by atoms with van der Waals surface area (Å²) in [7, 11) is 3.51. The van der Waals surface area contributed by atoms with E-state index in [1.807, 2.05) is 0 Å². The first kappa shape index (κ1) is 8.07. The minimum atomic E-state index is 0.520. The third-order valence-electron chi connectivity index (χ3n) is 1.20. The molecule has 1 heterocycles. The normalized spacial score (nSPS) is 9.36. The quantitative estimate of drug-likeness (QED) is 0.704. The molecular formula is C6H9ClN4. The Labute approximate surface area is 70.0 Å². The molecule has 0 amide bonds. The van der Waals surface area contributed by atoms with Gasteiger partial charge in [0.25, 0.3) is 0 Å². The lowest BCUT2D eigenvalue weighted by Gasteiger charge is -2.03. The second kappa shape index (κ2) is 3.39. The molecule has 0 aromatic carbocycles. The van der Waals surface area contributed by atoms with E-state index in [0.717, 1.165) is 0 Å². The Morgan fingerprint density at radius 1 is 1.36 bits per heavy atom. The zero-order valence-corrected chi connectivity index (χ0v) is 7.11. The summed E-state index contributed by atoms with van der Waals surface area (Å²) in [4.78, 5) is 7.96. The maximum absolute atomic E-state index is 5.74. The first-order valence-electron chi connectivity index (χ1n) is 3.16. The monoisotopic (exact) mass is 172 g/mol. The van der Waals surface area contributed by atoms with Gasteiger partial charge < -0.3 is 10.6 Å². The van der Waals surface area contributed by atoms with Crippen LogP contribution in [-0.2, 0) is 0 Å². The van der Waals surface area contributed by atoms with Crippen LogP contribution in [0.3, 0.4) is 0 Å². The number of hydrogen-bond donors (Lipinski definition) is 2. The average Bonchev–Trinajstić information content (AvgIpc) is 2.05. The Hall–Kier alpha value is -1.03. The lowest BCUT2D eigenvalue weighted by molar-refractivity contribution is 1.14.